The van der Waals surface area contributed by atoms with Crippen LogP contribution in [0.3, 0.4) is 0 Å². The molecule has 0 spiro atoms. The fourth-order valence-electron chi connectivity index (χ4n) is 2.69. The van der Waals surface area contributed by atoms with Crippen LogP contribution in [0.4, 0.5) is 0 Å². The molecule has 6 heteroatoms. The molecule has 110 valence electrons. The number of morpholine rings is 1. The van der Waals surface area contributed by atoms with Crippen molar-refractivity contribution >= 4 is 10.0 Å². The minimum Gasteiger partial charge on any atom is -0.346 e. The Bertz CT molecular complexity index is 598. The van der Waals surface area contributed by atoms with Gasteiger partial charge in [0.15, 0.2) is 5.79 Å². The lowest BCUT2D eigenvalue weighted by atomic mass is 10.2. The number of ether oxygens (including phenoxy) is 2. The Morgan fingerprint density at radius 2 is 2.05 bits per heavy atom. The van der Waals surface area contributed by atoms with Gasteiger partial charge in [0.05, 0.1) is 24.2 Å². The van der Waals surface area contributed by atoms with Gasteiger partial charge in [-0.2, -0.15) is 4.31 Å². The van der Waals surface area contributed by atoms with E-state index in [1.807, 2.05) is 26.0 Å². The topological polar surface area (TPSA) is 55.8 Å². The molecule has 2 bridgehead atoms. The number of fused-ring (bicyclic) bond motifs is 2. The summed E-state index contributed by atoms with van der Waals surface area (Å²) >= 11 is 0. The van der Waals surface area contributed by atoms with Crippen LogP contribution in [-0.4, -0.2) is 44.3 Å². The Hall–Kier alpha value is -0.950. The van der Waals surface area contributed by atoms with E-state index < -0.39 is 15.8 Å². The quantitative estimate of drug-likeness (QED) is 0.849. The lowest BCUT2D eigenvalue weighted by Crippen LogP contribution is -2.52. The smallest absolute Gasteiger partial charge is 0.243 e. The second-order valence-electron chi connectivity index (χ2n) is 5.43. The second kappa shape index (κ2) is 4.80. The number of benzene rings is 1. The van der Waals surface area contributed by atoms with E-state index in [0.29, 0.717) is 24.5 Å². The van der Waals surface area contributed by atoms with Gasteiger partial charge in [-0.1, -0.05) is 24.6 Å². The fraction of sp³-hybridized carbons (Fsp3) is 0.571. The predicted molar refractivity (Wildman–Crippen MR) is 73.8 cm³/mol. The lowest BCUT2D eigenvalue weighted by molar-refractivity contribution is -0.193. The molecule has 0 radical (unpaired) electrons. The molecule has 0 saturated carbocycles. The third-order valence-electron chi connectivity index (χ3n) is 3.94. The highest BCUT2D eigenvalue weighted by atomic mass is 32.2. The molecule has 1 aromatic rings. The van der Waals surface area contributed by atoms with Crippen molar-refractivity contribution in [3.63, 3.8) is 0 Å². The molecule has 2 fully saturated rings. The van der Waals surface area contributed by atoms with Crippen LogP contribution in [0.5, 0.6) is 0 Å². The maximum Gasteiger partial charge on any atom is 0.243 e. The van der Waals surface area contributed by atoms with E-state index in [1.165, 1.54) is 4.31 Å². The molecule has 2 atom stereocenters. The van der Waals surface area contributed by atoms with Crippen molar-refractivity contribution in [1.29, 1.82) is 0 Å². The van der Waals surface area contributed by atoms with Crippen LogP contribution in [0.2, 0.25) is 0 Å². The fourth-order valence-corrected chi connectivity index (χ4v) is 4.20. The van der Waals surface area contributed by atoms with Crippen molar-refractivity contribution in [2.45, 2.75) is 37.1 Å². The van der Waals surface area contributed by atoms with Crippen molar-refractivity contribution in [3.05, 3.63) is 29.8 Å². The van der Waals surface area contributed by atoms with E-state index in [0.717, 1.165) is 5.56 Å². The Labute approximate surface area is 119 Å². The van der Waals surface area contributed by atoms with E-state index >= 15 is 0 Å². The summed E-state index contributed by atoms with van der Waals surface area (Å²) in [6, 6.07) is 6.94. The highest BCUT2D eigenvalue weighted by Gasteiger charge is 2.49. The van der Waals surface area contributed by atoms with E-state index in [9.17, 15) is 8.42 Å². The first kappa shape index (κ1) is 14.0. The molecular formula is C14H19NO4S. The Morgan fingerprint density at radius 3 is 2.70 bits per heavy atom. The molecule has 20 heavy (non-hydrogen) atoms. The third-order valence-corrected chi connectivity index (χ3v) is 5.76. The summed E-state index contributed by atoms with van der Waals surface area (Å²) < 4.78 is 38.3. The highest BCUT2D eigenvalue weighted by Crippen LogP contribution is 2.35. The summed E-state index contributed by atoms with van der Waals surface area (Å²) in [6.45, 7) is 4.97. The molecule has 0 unspecified atom stereocenters. The summed E-state index contributed by atoms with van der Waals surface area (Å²) in [7, 11) is -3.48. The number of rotatable bonds is 3. The summed E-state index contributed by atoms with van der Waals surface area (Å²) in [5.41, 5.74) is 1.04. The summed E-state index contributed by atoms with van der Waals surface area (Å²) in [4.78, 5) is 0.329. The van der Waals surface area contributed by atoms with Gasteiger partial charge in [0.25, 0.3) is 0 Å². The molecule has 3 rings (SSSR count). The SMILES string of the molecule is CC[C@]12CN(S(=O)(=O)c3ccc(C)cc3)C[C@@H](CO1)O2. The minimum atomic E-state index is -3.48. The van der Waals surface area contributed by atoms with Crippen LogP contribution < -0.4 is 0 Å². The molecule has 2 saturated heterocycles. The highest BCUT2D eigenvalue weighted by molar-refractivity contribution is 7.89. The van der Waals surface area contributed by atoms with Gasteiger partial charge in [0.1, 0.15) is 0 Å². The first-order valence-electron chi connectivity index (χ1n) is 6.84. The van der Waals surface area contributed by atoms with Crippen molar-refractivity contribution in [3.8, 4) is 0 Å². The van der Waals surface area contributed by atoms with Crippen LogP contribution in [0.25, 0.3) is 0 Å². The normalized spacial score (nSPS) is 30.6. The van der Waals surface area contributed by atoms with Crippen molar-refractivity contribution in [1.82, 2.24) is 4.31 Å². The van der Waals surface area contributed by atoms with E-state index in [2.05, 4.69) is 0 Å². The van der Waals surface area contributed by atoms with E-state index in [4.69, 9.17) is 9.47 Å². The molecule has 1 aromatic carbocycles. The number of hydrogen-bond donors (Lipinski definition) is 0. The molecular weight excluding hydrogens is 278 g/mol. The molecule has 0 aromatic heterocycles. The zero-order valence-electron chi connectivity index (χ0n) is 11.7. The number of sulfonamides is 1. The van der Waals surface area contributed by atoms with Crippen molar-refractivity contribution in [2.24, 2.45) is 0 Å². The lowest BCUT2D eigenvalue weighted by Gasteiger charge is -2.37. The van der Waals surface area contributed by atoms with E-state index in [-0.39, 0.29) is 12.6 Å². The zero-order chi connectivity index (χ0) is 14.4. The maximum absolute atomic E-state index is 12.7. The molecule has 5 nitrogen and oxygen atoms in total. The second-order valence-corrected chi connectivity index (χ2v) is 7.36. The van der Waals surface area contributed by atoms with Crippen LogP contribution in [0, 0.1) is 6.92 Å². The molecule has 2 aliphatic heterocycles. The third kappa shape index (κ3) is 2.26. The largest absolute Gasteiger partial charge is 0.346 e. The summed E-state index contributed by atoms with van der Waals surface area (Å²) in [5.74, 6) is -0.763. The van der Waals surface area contributed by atoms with Crippen LogP contribution in [0.15, 0.2) is 29.2 Å². The Morgan fingerprint density at radius 1 is 1.35 bits per heavy atom. The molecule has 2 heterocycles. The number of nitrogens with zero attached hydrogens (tertiary/aromatic N) is 1. The van der Waals surface area contributed by atoms with Crippen LogP contribution in [-0.2, 0) is 19.5 Å². The Balaban J connectivity index is 1.90. The maximum atomic E-state index is 12.7. The van der Waals surface area contributed by atoms with E-state index in [1.54, 1.807) is 12.1 Å². The van der Waals surface area contributed by atoms with Gasteiger partial charge in [0.2, 0.25) is 10.0 Å². The first-order valence-corrected chi connectivity index (χ1v) is 8.28. The van der Waals surface area contributed by atoms with Gasteiger partial charge in [-0.05, 0) is 25.5 Å². The van der Waals surface area contributed by atoms with Crippen LogP contribution >= 0.6 is 0 Å². The first-order chi connectivity index (χ1) is 9.45. The van der Waals surface area contributed by atoms with Gasteiger partial charge in [-0.15, -0.1) is 0 Å². The monoisotopic (exact) mass is 297 g/mol. The van der Waals surface area contributed by atoms with Gasteiger partial charge in [-0.3, -0.25) is 0 Å². The van der Waals surface area contributed by atoms with Gasteiger partial charge >= 0.3 is 0 Å². The molecule has 0 amide bonds. The number of aryl methyl sites for hydroxylation is 1. The molecule has 0 N–H and O–H groups in total. The van der Waals surface area contributed by atoms with Gasteiger partial charge < -0.3 is 9.47 Å². The average molecular weight is 297 g/mol. The molecule has 0 aliphatic carbocycles. The predicted octanol–water partition coefficient (Wildman–Crippen LogP) is 1.52. The van der Waals surface area contributed by atoms with Crippen molar-refractivity contribution in [2.75, 3.05) is 19.7 Å². The zero-order valence-corrected chi connectivity index (χ0v) is 12.5. The summed E-state index contributed by atoms with van der Waals surface area (Å²) in [5, 5.41) is 0. The van der Waals surface area contributed by atoms with Crippen molar-refractivity contribution < 1.29 is 17.9 Å². The Kier molecular flexibility index (Phi) is 3.36. The average Bonchev–Trinajstić information content (AvgIpc) is 2.75. The van der Waals surface area contributed by atoms with Gasteiger partial charge in [0, 0.05) is 6.54 Å². The standard InChI is InChI=1S/C14H19NO4S/c1-3-14-10-15(8-12(19-14)9-18-14)20(16,17)13-6-4-11(2)5-7-13/h4-7,12H,3,8-10H2,1-2H3/t12-,14-/m0/s1. The van der Waals surface area contributed by atoms with Gasteiger partial charge in [-0.25, -0.2) is 8.42 Å². The number of hydrogen-bond acceptors (Lipinski definition) is 4. The molecule has 2 aliphatic rings. The summed E-state index contributed by atoms with van der Waals surface area (Å²) in [6.07, 6.45) is 0.479. The minimum absolute atomic E-state index is 0.163. The van der Waals surface area contributed by atoms with Crippen LogP contribution in [0.1, 0.15) is 18.9 Å².